The van der Waals surface area contributed by atoms with Gasteiger partial charge in [-0.15, -0.1) is 0 Å². The van der Waals surface area contributed by atoms with Crippen molar-refractivity contribution in [3.05, 3.63) is 30.6 Å². The van der Waals surface area contributed by atoms with E-state index in [0.717, 1.165) is 16.8 Å². The van der Waals surface area contributed by atoms with Gasteiger partial charge in [0.1, 0.15) is 6.04 Å². The number of carboxylic acid groups (broad SMARTS) is 1. The van der Waals surface area contributed by atoms with Crippen molar-refractivity contribution in [2.24, 2.45) is 5.73 Å². The minimum Gasteiger partial charge on any atom is -0.480 e. The molecule has 4 N–H and O–H groups in total. The molecule has 6 heteroatoms. The average Bonchev–Trinajstić information content (AvgIpc) is 2.84. The lowest BCUT2D eigenvalue weighted by Gasteiger charge is -2.02. The standard InChI is InChI=1S/C7H6N2.C5H11NO2S/c1-2-4-7-6(3-1)8-5-9-7;1-9-3-2-4(6)5(7)8/h1-5H,(H,8,9);4H,2-3,6H2,1H3,(H,7,8)/t;4-/m.0/s1. The molecule has 2 rings (SSSR count). The summed E-state index contributed by atoms with van der Waals surface area (Å²) in [7, 11) is 0. The van der Waals surface area contributed by atoms with Gasteiger partial charge in [-0.3, -0.25) is 4.79 Å². The molecule has 5 nitrogen and oxygen atoms in total. The van der Waals surface area contributed by atoms with Gasteiger partial charge in [-0.05, 0) is 30.6 Å². The summed E-state index contributed by atoms with van der Waals surface area (Å²) in [4.78, 5) is 17.1. The average molecular weight is 267 g/mol. The van der Waals surface area contributed by atoms with E-state index in [1.165, 1.54) is 0 Å². The first-order valence-corrected chi connectivity index (χ1v) is 6.90. The number of hydrogen-bond acceptors (Lipinski definition) is 4. The number of hydrogen-bond donors (Lipinski definition) is 3. The van der Waals surface area contributed by atoms with E-state index in [-0.39, 0.29) is 0 Å². The van der Waals surface area contributed by atoms with Gasteiger partial charge in [-0.25, -0.2) is 4.98 Å². The van der Waals surface area contributed by atoms with Crippen LogP contribution in [0.1, 0.15) is 6.42 Å². The Morgan fingerprint density at radius 1 is 1.56 bits per heavy atom. The van der Waals surface area contributed by atoms with Crippen molar-refractivity contribution in [3.8, 4) is 0 Å². The summed E-state index contributed by atoms with van der Waals surface area (Å²) in [5.74, 6) is -0.1000. The minimum atomic E-state index is -0.913. The molecule has 0 unspecified atom stereocenters. The lowest BCUT2D eigenvalue weighted by molar-refractivity contribution is -0.138. The molecule has 0 amide bonds. The second-order valence-electron chi connectivity index (χ2n) is 3.65. The van der Waals surface area contributed by atoms with Crippen molar-refractivity contribution in [2.75, 3.05) is 12.0 Å². The third-order valence-electron chi connectivity index (χ3n) is 2.28. The smallest absolute Gasteiger partial charge is 0.320 e. The number of imidazole rings is 1. The van der Waals surface area contributed by atoms with Crippen LogP contribution in [0.3, 0.4) is 0 Å². The molecule has 1 aromatic heterocycles. The first-order chi connectivity index (χ1) is 8.65. The molecule has 2 aromatic rings. The fourth-order valence-electron chi connectivity index (χ4n) is 1.25. The van der Waals surface area contributed by atoms with Gasteiger partial charge in [0.25, 0.3) is 0 Å². The molecule has 1 atom stereocenters. The number of nitrogens with one attached hydrogen (secondary N) is 1. The van der Waals surface area contributed by atoms with Gasteiger partial charge in [0, 0.05) is 0 Å². The number of nitrogens with zero attached hydrogens (tertiary/aromatic N) is 1. The molecule has 1 aromatic carbocycles. The molecule has 0 aliphatic rings. The first-order valence-electron chi connectivity index (χ1n) is 5.50. The highest BCUT2D eigenvalue weighted by atomic mass is 32.2. The van der Waals surface area contributed by atoms with E-state index in [2.05, 4.69) is 9.97 Å². The molecule has 18 heavy (non-hydrogen) atoms. The van der Waals surface area contributed by atoms with Crippen molar-refractivity contribution in [2.45, 2.75) is 12.5 Å². The summed E-state index contributed by atoms with van der Waals surface area (Å²) in [5.41, 5.74) is 7.31. The Balaban J connectivity index is 0.000000180. The van der Waals surface area contributed by atoms with Gasteiger partial charge in [0.05, 0.1) is 17.4 Å². The summed E-state index contributed by atoms with van der Waals surface area (Å²) >= 11 is 1.60. The zero-order valence-corrected chi connectivity index (χ0v) is 11.0. The van der Waals surface area contributed by atoms with Crippen LogP contribution in [0.5, 0.6) is 0 Å². The summed E-state index contributed by atoms with van der Waals surface area (Å²) < 4.78 is 0. The van der Waals surface area contributed by atoms with Crippen molar-refractivity contribution in [1.29, 1.82) is 0 Å². The Morgan fingerprint density at radius 3 is 2.89 bits per heavy atom. The number of aromatic amines is 1. The molecule has 0 radical (unpaired) electrons. The third-order valence-corrected chi connectivity index (χ3v) is 2.92. The van der Waals surface area contributed by atoms with Crippen LogP contribution in [0.2, 0.25) is 0 Å². The SMILES string of the molecule is CSCC[C@H](N)C(=O)O.c1ccc2[nH]cnc2c1. The molecule has 0 aliphatic heterocycles. The molecule has 0 saturated carbocycles. The van der Waals surface area contributed by atoms with Crippen molar-refractivity contribution < 1.29 is 9.90 Å². The molecule has 0 aliphatic carbocycles. The van der Waals surface area contributed by atoms with Crippen LogP contribution in [-0.2, 0) is 4.79 Å². The minimum absolute atomic E-state index is 0.552. The number of carboxylic acids is 1. The summed E-state index contributed by atoms with van der Waals surface area (Å²) in [6.45, 7) is 0. The molecule has 0 saturated heterocycles. The number of fused-ring (bicyclic) bond motifs is 1. The lowest BCUT2D eigenvalue weighted by atomic mass is 10.2. The Morgan fingerprint density at radius 2 is 2.28 bits per heavy atom. The second-order valence-corrected chi connectivity index (χ2v) is 4.63. The van der Waals surface area contributed by atoms with Gasteiger partial charge in [0.2, 0.25) is 0 Å². The van der Waals surface area contributed by atoms with Crippen molar-refractivity contribution >= 4 is 28.8 Å². The Bertz CT molecular complexity index is 457. The van der Waals surface area contributed by atoms with E-state index < -0.39 is 12.0 Å². The zero-order valence-electron chi connectivity index (χ0n) is 10.2. The Kier molecular flexibility index (Phi) is 6.24. The van der Waals surface area contributed by atoms with Crippen LogP contribution in [0, 0.1) is 0 Å². The van der Waals surface area contributed by atoms with Gasteiger partial charge < -0.3 is 15.8 Å². The van der Waals surface area contributed by atoms with Gasteiger partial charge >= 0.3 is 5.97 Å². The monoisotopic (exact) mass is 267 g/mol. The highest BCUT2D eigenvalue weighted by Gasteiger charge is 2.08. The zero-order chi connectivity index (χ0) is 13.4. The number of aromatic nitrogens is 2. The van der Waals surface area contributed by atoms with Crippen LogP contribution >= 0.6 is 11.8 Å². The van der Waals surface area contributed by atoms with Crippen molar-refractivity contribution in [3.63, 3.8) is 0 Å². The summed E-state index contributed by atoms with van der Waals surface area (Å²) in [5, 5.41) is 8.27. The quantitative estimate of drug-likeness (QED) is 0.784. The molecule has 1 heterocycles. The van der Waals surface area contributed by atoms with Crippen LogP contribution < -0.4 is 5.73 Å². The van der Waals surface area contributed by atoms with E-state index in [1.807, 2.05) is 30.5 Å². The Hall–Kier alpha value is -1.53. The third kappa shape index (κ3) is 4.77. The number of rotatable bonds is 4. The molecule has 0 fully saturated rings. The topological polar surface area (TPSA) is 92.0 Å². The number of para-hydroxylation sites is 2. The maximum Gasteiger partial charge on any atom is 0.320 e. The maximum atomic E-state index is 10.1. The fourth-order valence-corrected chi connectivity index (χ4v) is 1.74. The first kappa shape index (κ1) is 14.5. The van der Waals surface area contributed by atoms with Gasteiger partial charge in [0.15, 0.2) is 0 Å². The molecular formula is C12H17N3O2S. The van der Waals surface area contributed by atoms with E-state index in [4.69, 9.17) is 10.8 Å². The predicted molar refractivity (Wildman–Crippen MR) is 74.7 cm³/mol. The number of benzene rings is 1. The van der Waals surface area contributed by atoms with E-state index in [0.29, 0.717) is 6.42 Å². The lowest BCUT2D eigenvalue weighted by Crippen LogP contribution is -2.30. The highest BCUT2D eigenvalue weighted by Crippen LogP contribution is 2.05. The summed E-state index contributed by atoms with van der Waals surface area (Å²) in [6, 6.07) is 7.26. The molecule has 0 spiro atoms. The number of aliphatic carboxylic acids is 1. The Labute approximate surface area is 110 Å². The van der Waals surface area contributed by atoms with Crippen LogP contribution in [0.25, 0.3) is 11.0 Å². The van der Waals surface area contributed by atoms with Crippen molar-refractivity contribution in [1.82, 2.24) is 9.97 Å². The van der Waals surface area contributed by atoms with Crippen LogP contribution in [0.4, 0.5) is 0 Å². The van der Waals surface area contributed by atoms with E-state index in [1.54, 1.807) is 18.1 Å². The van der Waals surface area contributed by atoms with Crippen LogP contribution in [-0.4, -0.2) is 39.1 Å². The number of nitrogens with two attached hydrogens (primary N) is 1. The van der Waals surface area contributed by atoms with E-state index >= 15 is 0 Å². The number of thioether (sulfide) groups is 1. The van der Waals surface area contributed by atoms with Gasteiger partial charge in [-0.2, -0.15) is 11.8 Å². The van der Waals surface area contributed by atoms with Crippen LogP contribution in [0.15, 0.2) is 30.6 Å². The van der Waals surface area contributed by atoms with E-state index in [9.17, 15) is 4.79 Å². The van der Waals surface area contributed by atoms with Gasteiger partial charge in [-0.1, -0.05) is 12.1 Å². The normalized spacial score (nSPS) is 11.7. The second kappa shape index (κ2) is 7.73. The molecule has 98 valence electrons. The molecule has 0 bridgehead atoms. The fraction of sp³-hybridized carbons (Fsp3) is 0.333. The summed E-state index contributed by atoms with van der Waals surface area (Å²) in [6.07, 6.45) is 4.18. The number of carbonyl (C=O) groups is 1. The largest absolute Gasteiger partial charge is 0.480 e. The predicted octanol–water partition coefficient (Wildman–Crippen LogP) is 1.71. The molecular weight excluding hydrogens is 250 g/mol. The number of H-pyrrole nitrogens is 1. The maximum absolute atomic E-state index is 10.1. The highest BCUT2D eigenvalue weighted by molar-refractivity contribution is 7.98.